The molecule has 226 valence electrons. The van der Waals surface area contributed by atoms with Crippen LogP contribution in [0.5, 0.6) is 23.0 Å². The second-order valence-corrected chi connectivity index (χ2v) is 14.9. The molecule has 1 saturated heterocycles. The number of phenolic OH excluding ortho intramolecular Hbond substituents is 1. The highest BCUT2D eigenvalue weighted by Crippen LogP contribution is 2.43. The molecule has 4 aromatic rings. The molecule has 2 heterocycles. The Hall–Kier alpha value is -3.98. The first-order chi connectivity index (χ1) is 20.0. The number of aromatic nitrogens is 2. The minimum absolute atomic E-state index is 0.255. The first-order valence-corrected chi connectivity index (χ1v) is 15.1. The van der Waals surface area contributed by atoms with Gasteiger partial charge in [-0.1, -0.05) is 53.7 Å². The van der Waals surface area contributed by atoms with Gasteiger partial charge >= 0.3 is 0 Å². The van der Waals surface area contributed by atoms with Crippen molar-refractivity contribution < 1.29 is 24.2 Å². The predicted molar refractivity (Wildman–Crippen MR) is 170 cm³/mol. The van der Waals surface area contributed by atoms with Gasteiger partial charge in [0, 0.05) is 24.2 Å². The molecule has 0 aliphatic carbocycles. The summed E-state index contributed by atoms with van der Waals surface area (Å²) in [6, 6.07) is 17.2. The molecule has 9 heteroatoms. The molecule has 2 amide bonds. The van der Waals surface area contributed by atoms with E-state index in [2.05, 4.69) is 46.9 Å². The summed E-state index contributed by atoms with van der Waals surface area (Å²) in [5, 5.41) is 13.1. The first kappa shape index (κ1) is 30.5. The number of imide groups is 1. The fourth-order valence-corrected chi connectivity index (χ4v) is 6.15. The molecule has 1 atom stereocenters. The zero-order valence-electron chi connectivity index (χ0n) is 26.0. The number of carbonyl (C=O) groups is 2. The van der Waals surface area contributed by atoms with Crippen LogP contribution in [0.2, 0.25) is 0 Å². The number of amides is 2. The van der Waals surface area contributed by atoms with Crippen LogP contribution in [0, 0.1) is 0 Å². The van der Waals surface area contributed by atoms with Gasteiger partial charge in [-0.05, 0) is 77.9 Å². The van der Waals surface area contributed by atoms with E-state index in [-0.39, 0.29) is 28.6 Å². The predicted octanol–water partition coefficient (Wildman–Crippen LogP) is 7.53. The summed E-state index contributed by atoms with van der Waals surface area (Å²) in [4.78, 5) is 28.5. The lowest BCUT2D eigenvalue weighted by Gasteiger charge is -2.28. The Kier molecular flexibility index (Phi) is 7.75. The van der Waals surface area contributed by atoms with Crippen molar-refractivity contribution in [2.45, 2.75) is 77.1 Å². The molecule has 1 aliphatic rings. The molecule has 1 aromatic heterocycles. The molecule has 5 rings (SSSR count). The fraction of sp³-hybridized carbons (Fsp3) is 0.382. The van der Waals surface area contributed by atoms with E-state index in [4.69, 9.17) is 14.5 Å². The summed E-state index contributed by atoms with van der Waals surface area (Å²) in [6.07, 6.45) is 0.448. The first-order valence-electron chi connectivity index (χ1n) is 14.3. The van der Waals surface area contributed by atoms with E-state index >= 15 is 0 Å². The van der Waals surface area contributed by atoms with Crippen LogP contribution in [0.4, 0.5) is 4.79 Å². The summed E-state index contributed by atoms with van der Waals surface area (Å²) in [6.45, 7) is 14.5. The fourth-order valence-electron chi connectivity index (χ4n) is 5.22. The van der Waals surface area contributed by atoms with Gasteiger partial charge in [0.2, 0.25) is 5.91 Å². The van der Waals surface area contributed by atoms with Crippen molar-refractivity contribution >= 4 is 33.9 Å². The molecule has 43 heavy (non-hydrogen) atoms. The number of hydrogen-bond acceptors (Lipinski definition) is 7. The number of nitrogens with zero attached hydrogens (tertiary/aromatic N) is 2. The Bertz CT molecular complexity index is 1680. The van der Waals surface area contributed by atoms with Crippen LogP contribution in [-0.2, 0) is 35.7 Å². The average molecular weight is 602 g/mol. The highest BCUT2D eigenvalue weighted by Gasteiger charge is 2.43. The highest BCUT2D eigenvalue weighted by atomic mass is 32.2. The van der Waals surface area contributed by atoms with Crippen molar-refractivity contribution in [3.8, 4) is 23.0 Å². The largest absolute Gasteiger partial charge is 0.507 e. The maximum atomic E-state index is 12.2. The Morgan fingerprint density at radius 1 is 0.907 bits per heavy atom. The Balaban J connectivity index is 1.31. The minimum Gasteiger partial charge on any atom is -0.507 e. The van der Waals surface area contributed by atoms with E-state index in [0.717, 1.165) is 45.3 Å². The van der Waals surface area contributed by atoms with E-state index in [1.54, 1.807) is 6.92 Å². The van der Waals surface area contributed by atoms with Gasteiger partial charge < -0.3 is 19.1 Å². The number of phenols is 1. The van der Waals surface area contributed by atoms with E-state index in [9.17, 15) is 14.7 Å². The van der Waals surface area contributed by atoms with Gasteiger partial charge in [-0.25, -0.2) is 4.98 Å². The number of imidazole rings is 1. The Morgan fingerprint density at radius 3 is 2.07 bits per heavy atom. The summed E-state index contributed by atoms with van der Waals surface area (Å²) in [5.74, 6) is 2.85. The zero-order chi connectivity index (χ0) is 31.3. The molecule has 2 N–H and O–H groups in total. The topological polar surface area (TPSA) is 103 Å². The molecule has 0 saturated carbocycles. The van der Waals surface area contributed by atoms with E-state index in [1.807, 2.05) is 66.2 Å². The third-order valence-corrected chi connectivity index (χ3v) is 8.79. The van der Waals surface area contributed by atoms with E-state index in [0.29, 0.717) is 29.4 Å². The van der Waals surface area contributed by atoms with Crippen LogP contribution in [0.15, 0.2) is 54.6 Å². The summed E-state index contributed by atoms with van der Waals surface area (Å²) in [7, 11) is 1.95. The number of aromatic hydroxyl groups is 1. The van der Waals surface area contributed by atoms with Crippen molar-refractivity contribution in [2.24, 2.45) is 7.05 Å². The lowest BCUT2D eigenvalue weighted by atomic mass is 9.79. The number of aryl methyl sites for hydroxylation is 1. The van der Waals surface area contributed by atoms with E-state index < -0.39 is 4.75 Å². The normalized spacial score (nSPS) is 17.4. The van der Waals surface area contributed by atoms with Crippen LogP contribution in [-0.4, -0.2) is 30.6 Å². The Labute approximate surface area is 256 Å². The number of carbonyl (C=O) groups excluding carboxylic acids is 2. The number of nitrogens with one attached hydrogen (secondary N) is 1. The molecule has 0 unspecified atom stereocenters. The number of fused-ring (bicyclic) bond motifs is 1. The smallest absolute Gasteiger partial charge is 0.286 e. The molecular weight excluding hydrogens is 562 g/mol. The number of hydrogen-bond donors (Lipinski definition) is 2. The van der Waals surface area contributed by atoms with Crippen molar-refractivity contribution in [3.63, 3.8) is 0 Å². The van der Waals surface area contributed by atoms with Crippen LogP contribution in [0.1, 0.15) is 71.0 Å². The van der Waals surface area contributed by atoms with Gasteiger partial charge in [0.1, 0.15) is 40.2 Å². The summed E-state index contributed by atoms with van der Waals surface area (Å²) < 4.78 is 13.6. The van der Waals surface area contributed by atoms with Gasteiger partial charge in [-0.2, -0.15) is 0 Å². The lowest BCUT2D eigenvalue weighted by molar-refractivity contribution is -0.121. The second-order valence-electron chi connectivity index (χ2n) is 13.4. The van der Waals surface area contributed by atoms with Gasteiger partial charge in [0.25, 0.3) is 5.24 Å². The molecule has 0 spiro atoms. The standard InChI is InChI=1S/C34H39N3O5S/c1-32(2,3)24-15-23(16-25(29(24)38)33(4,5)6)42-22-13-14-26-27(17-22)37(8)28(35-26)19-41-21-11-9-20(10-12-21)18-34(7)30(39)36-31(40)43-34/h9-17,38H,18-19H2,1-8H3,(H,36,39,40)/t34-/m0/s1. The van der Waals surface area contributed by atoms with Crippen LogP contribution >= 0.6 is 11.8 Å². The van der Waals surface area contributed by atoms with Crippen molar-refractivity contribution in [2.75, 3.05) is 0 Å². The van der Waals surface area contributed by atoms with Crippen LogP contribution in [0.25, 0.3) is 11.0 Å². The monoisotopic (exact) mass is 601 g/mol. The summed E-state index contributed by atoms with van der Waals surface area (Å²) in [5.41, 5.74) is 3.86. The molecule has 0 radical (unpaired) electrons. The maximum absolute atomic E-state index is 12.2. The summed E-state index contributed by atoms with van der Waals surface area (Å²) >= 11 is 1.03. The average Bonchev–Trinajstić information content (AvgIpc) is 3.36. The molecule has 3 aromatic carbocycles. The van der Waals surface area contributed by atoms with Gasteiger partial charge in [0.15, 0.2) is 0 Å². The van der Waals surface area contributed by atoms with Crippen LogP contribution < -0.4 is 14.8 Å². The minimum atomic E-state index is -0.804. The lowest BCUT2D eigenvalue weighted by Crippen LogP contribution is -2.35. The molecule has 1 fully saturated rings. The van der Waals surface area contributed by atoms with E-state index in [1.165, 1.54) is 0 Å². The molecule has 1 aliphatic heterocycles. The number of thioether (sulfide) groups is 1. The molecule has 0 bridgehead atoms. The van der Waals surface area contributed by atoms with Gasteiger partial charge in [0.05, 0.1) is 11.0 Å². The third kappa shape index (κ3) is 6.37. The number of ether oxygens (including phenoxy) is 2. The maximum Gasteiger partial charge on any atom is 0.286 e. The molecular formula is C34H39N3O5S. The van der Waals surface area contributed by atoms with Crippen molar-refractivity contribution in [1.82, 2.24) is 14.9 Å². The molecule has 8 nitrogen and oxygen atoms in total. The SMILES string of the molecule is Cn1c(COc2ccc(C[C@]3(C)SC(=O)NC3=O)cc2)nc2ccc(Oc3cc(C(C)(C)C)c(O)c(C(C)(C)C)c3)cc21. The number of benzene rings is 3. The van der Waals surface area contributed by atoms with Gasteiger partial charge in [-0.3, -0.25) is 14.9 Å². The van der Waals surface area contributed by atoms with Crippen molar-refractivity contribution in [1.29, 1.82) is 0 Å². The van der Waals surface area contributed by atoms with Crippen LogP contribution in [0.3, 0.4) is 0 Å². The van der Waals surface area contributed by atoms with Crippen molar-refractivity contribution in [3.05, 3.63) is 77.1 Å². The zero-order valence-corrected chi connectivity index (χ0v) is 26.8. The highest BCUT2D eigenvalue weighted by molar-refractivity contribution is 8.16. The third-order valence-electron chi connectivity index (χ3n) is 7.73. The Morgan fingerprint density at radius 2 is 1.51 bits per heavy atom. The van der Waals surface area contributed by atoms with Gasteiger partial charge in [-0.15, -0.1) is 0 Å². The number of rotatable bonds is 7. The quantitative estimate of drug-likeness (QED) is 0.226. The second kappa shape index (κ2) is 10.9.